The van der Waals surface area contributed by atoms with Crippen molar-refractivity contribution < 1.29 is 19.1 Å². The molecule has 0 aliphatic rings. The maximum atomic E-state index is 12.8. The van der Waals surface area contributed by atoms with Crippen molar-refractivity contribution in [3.8, 4) is 5.75 Å². The highest BCUT2D eigenvalue weighted by Gasteiger charge is 2.27. The molecule has 0 fully saturated rings. The van der Waals surface area contributed by atoms with Crippen LogP contribution in [0.25, 0.3) is 0 Å². The summed E-state index contributed by atoms with van der Waals surface area (Å²) in [5, 5.41) is 0. The molecule has 5 heteroatoms. The number of carbonyl (C=O) groups excluding carboxylic acids is 2. The van der Waals surface area contributed by atoms with E-state index in [1.807, 2.05) is 39.0 Å². The van der Waals surface area contributed by atoms with Crippen molar-refractivity contribution in [1.29, 1.82) is 0 Å². The van der Waals surface area contributed by atoms with Crippen LogP contribution in [-0.4, -0.2) is 25.2 Å². The highest BCUT2D eigenvalue weighted by molar-refractivity contribution is 5.95. The van der Waals surface area contributed by atoms with Gasteiger partial charge in [-0.2, -0.15) is 0 Å². The van der Waals surface area contributed by atoms with E-state index in [2.05, 4.69) is 20.8 Å². The van der Waals surface area contributed by atoms with Gasteiger partial charge < -0.3 is 9.47 Å². The van der Waals surface area contributed by atoms with E-state index >= 15 is 0 Å². The van der Waals surface area contributed by atoms with Crippen molar-refractivity contribution in [3.05, 3.63) is 59.2 Å². The summed E-state index contributed by atoms with van der Waals surface area (Å²) in [5.74, 6) is 0.119. The maximum absolute atomic E-state index is 12.8. The summed E-state index contributed by atoms with van der Waals surface area (Å²) in [7, 11) is 0. The van der Waals surface area contributed by atoms with E-state index in [-0.39, 0.29) is 17.9 Å². The Morgan fingerprint density at radius 1 is 1.07 bits per heavy atom. The molecule has 30 heavy (non-hydrogen) atoms. The van der Waals surface area contributed by atoms with Gasteiger partial charge in [0.15, 0.2) is 5.75 Å². The lowest BCUT2D eigenvalue weighted by Gasteiger charge is -2.29. The van der Waals surface area contributed by atoms with Crippen molar-refractivity contribution in [1.82, 2.24) is 0 Å². The van der Waals surface area contributed by atoms with E-state index in [0.29, 0.717) is 23.5 Å². The first-order chi connectivity index (χ1) is 14.0. The average molecular weight is 412 g/mol. The molecule has 5 nitrogen and oxygen atoms in total. The number of carbonyl (C=O) groups is 2. The normalized spacial score (nSPS) is 11.3. The van der Waals surface area contributed by atoms with Gasteiger partial charge in [0.25, 0.3) is 0 Å². The number of esters is 1. The molecule has 2 aromatic rings. The van der Waals surface area contributed by atoms with Crippen molar-refractivity contribution in [3.63, 3.8) is 0 Å². The SMILES string of the molecule is CCOC(=O)N(CC(C)C)c1cc(C(C)(C)C)cc(C)c1OC(=O)c1ccccc1. The second kappa shape index (κ2) is 9.79. The van der Waals surface area contributed by atoms with Gasteiger partial charge in [0.1, 0.15) is 0 Å². The highest BCUT2D eigenvalue weighted by Crippen LogP contribution is 2.38. The summed E-state index contributed by atoms with van der Waals surface area (Å²) in [6.07, 6.45) is -0.450. The zero-order chi connectivity index (χ0) is 22.5. The van der Waals surface area contributed by atoms with Crippen LogP contribution in [0, 0.1) is 12.8 Å². The minimum atomic E-state index is -0.461. The Morgan fingerprint density at radius 2 is 1.70 bits per heavy atom. The number of hydrogen-bond acceptors (Lipinski definition) is 4. The fourth-order valence-electron chi connectivity index (χ4n) is 3.09. The van der Waals surface area contributed by atoms with Gasteiger partial charge in [-0.3, -0.25) is 4.90 Å². The number of nitrogens with zero attached hydrogens (tertiary/aromatic N) is 1. The van der Waals surface area contributed by atoms with Gasteiger partial charge in [0, 0.05) is 6.54 Å². The van der Waals surface area contributed by atoms with Crippen LogP contribution in [0.5, 0.6) is 5.75 Å². The third-order valence-electron chi connectivity index (χ3n) is 4.65. The van der Waals surface area contributed by atoms with Crippen molar-refractivity contribution in [2.45, 2.75) is 53.9 Å². The highest BCUT2D eigenvalue weighted by atomic mass is 16.6. The van der Waals surface area contributed by atoms with Crippen LogP contribution in [0.15, 0.2) is 42.5 Å². The first-order valence-electron chi connectivity index (χ1n) is 10.4. The summed E-state index contributed by atoms with van der Waals surface area (Å²) < 4.78 is 11.1. The maximum Gasteiger partial charge on any atom is 0.414 e. The van der Waals surface area contributed by atoms with E-state index in [1.54, 1.807) is 36.1 Å². The Kier molecular flexibility index (Phi) is 7.65. The summed E-state index contributed by atoms with van der Waals surface area (Å²) >= 11 is 0. The largest absolute Gasteiger partial charge is 0.449 e. The van der Waals surface area contributed by atoms with E-state index < -0.39 is 12.1 Å². The molecule has 0 heterocycles. The third kappa shape index (κ3) is 5.85. The molecule has 0 spiro atoms. The molecule has 0 aliphatic carbocycles. The second-order valence-electron chi connectivity index (χ2n) is 8.85. The predicted molar refractivity (Wildman–Crippen MR) is 120 cm³/mol. The number of ether oxygens (including phenoxy) is 2. The van der Waals surface area contributed by atoms with Crippen LogP contribution < -0.4 is 9.64 Å². The van der Waals surface area contributed by atoms with Crippen LogP contribution in [0.3, 0.4) is 0 Å². The predicted octanol–water partition coefficient (Wildman–Crippen LogP) is 6.13. The number of amides is 1. The van der Waals surface area contributed by atoms with Gasteiger partial charge in [0.05, 0.1) is 17.9 Å². The first kappa shape index (κ1) is 23.5. The van der Waals surface area contributed by atoms with Crippen molar-refractivity contribution in [2.24, 2.45) is 5.92 Å². The van der Waals surface area contributed by atoms with Crippen LogP contribution >= 0.6 is 0 Å². The fraction of sp³-hybridized carbons (Fsp3) is 0.440. The molecular weight excluding hydrogens is 378 g/mol. The number of aryl methyl sites for hydroxylation is 1. The Labute approximate surface area is 180 Å². The lowest BCUT2D eigenvalue weighted by molar-refractivity contribution is 0.0733. The van der Waals surface area contributed by atoms with Gasteiger partial charge >= 0.3 is 12.1 Å². The van der Waals surface area contributed by atoms with Crippen molar-refractivity contribution >= 4 is 17.7 Å². The second-order valence-corrected chi connectivity index (χ2v) is 8.85. The molecule has 0 aliphatic heterocycles. The fourth-order valence-corrected chi connectivity index (χ4v) is 3.09. The minimum Gasteiger partial charge on any atom is -0.449 e. The summed E-state index contributed by atoms with van der Waals surface area (Å²) in [6.45, 7) is 14.8. The van der Waals surface area contributed by atoms with Gasteiger partial charge in [-0.05, 0) is 54.5 Å². The lowest BCUT2D eigenvalue weighted by Crippen LogP contribution is -2.35. The molecule has 0 unspecified atom stereocenters. The molecule has 162 valence electrons. The summed E-state index contributed by atoms with van der Waals surface area (Å²) in [5.41, 5.74) is 2.71. The van der Waals surface area contributed by atoms with E-state index in [4.69, 9.17) is 9.47 Å². The first-order valence-corrected chi connectivity index (χ1v) is 10.4. The van der Waals surface area contributed by atoms with E-state index in [1.165, 1.54) is 0 Å². The Bertz CT molecular complexity index is 882. The standard InChI is InChI=1S/C25H33NO4/c1-8-29-24(28)26(16-17(2)3)21-15-20(25(5,6)7)14-18(4)22(21)30-23(27)19-12-10-9-11-13-19/h9-15,17H,8,16H2,1-7H3. The van der Waals surface area contributed by atoms with Crippen LogP contribution in [0.2, 0.25) is 0 Å². The molecule has 2 aromatic carbocycles. The van der Waals surface area contributed by atoms with Crippen molar-refractivity contribution in [2.75, 3.05) is 18.1 Å². The quantitative estimate of drug-likeness (QED) is 0.424. The molecule has 2 rings (SSSR count). The summed E-state index contributed by atoms with van der Waals surface area (Å²) in [6, 6.07) is 12.8. The average Bonchev–Trinajstić information content (AvgIpc) is 2.67. The van der Waals surface area contributed by atoms with Gasteiger partial charge in [-0.15, -0.1) is 0 Å². The Morgan fingerprint density at radius 3 is 2.23 bits per heavy atom. The molecule has 0 radical (unpaired) electrons. The molecule has 0 atom stereocenters. The number of hydrogen-bond donors (Lipinski definition) is 0. The molecule has 0 bridgehead atoms. The smallest absolute Gasteiger partial charge is 0.414 e. The number of benzene rings is 2. The lowest BCUT2D eigenvalue weighted by atomic mass is 9.85. The molecular formula is C25H33NO4. The van der Waals surface area contributed by atoms with Crippen LogP contribution in [-0.2, 0) is 10.2 Å². The minimum absolute atomic E-state index is 0.139. The number of rotatable bonds is 6. The molecule has 1 amide bonds. The Hall–Kier alpha value is -2.82. The molecule has 0 saturated heterocycles. The van der Waals surface area contributed by atoms with Gasteiger partial charge in [-0.1, -0.05) is 58.9 Å². The van der Waals surface area contributed by atoms with Gasteiger partial charge in [-0.25, -0.2) is 9.59 Å². The van der Waals surface area contributed by atoms with E-state index in [9.17, 15) is 9.59 Å². The van der Waals surface area contributed by atoms with E-state index in [0.717, 1.165) is 11.1 Å². The topological polar surface area (TPSA) is 55.8 Å². The zero-order valence-corrected chi connectivity index (χ0v) is 19.1. The van der Waals surface area contributed by atoms with Crippen LogP contribution in [0.1, 0.15) is 63.0 Å². The third-order valence-corrected chi connectivity index (χ3v) is 4.65. The summed E-state index contributed by atoms with van der Waals surface area (Å²) in [4.78, 5) is 27.2. The van der Waals surface area contributed by atoms with Crippen LogP contribution in [0.4, 0.5) is 10.5 Å². The monoisotopic (exact) mass is 411 g/mol. The molecule has 0 saturated carbocycles. The number of anilines is 1. The van der Waals surface area contributed by atoms with Gasteiger partial charge in [0.2, 0.25) is 0 Å². The molecule has 0 N–H and O–H groups in total. The molecule has 0 aromatic heterocycles. The Balaban J connectivity index is 2.61. The zero-order valence-electron chi connectivity index (χ0n) is 19.1.